The van der Waals surface area contributed by atoms with Crippen LogP contribution in [0.3, 0.4) is 0 Å². The van der Waals surface area contributed by atoms with Crippen molar-refractivity contribution in [2.45, 2.75) is 19.4 Å². The van der Waals surface area contributed by atoms with Crippen molar-refractivity contribution in [3.05, 3.63) is 16.1 Å². The monoisotopic (exact) mass is 319 g/mol. The van der Waals surface area contributed by atoms with E-state index in [1.807, 2.05) is 6.20 Å². The lowest BCUT2D eigenvalue weighted by Crippen LogP contribution is -2.48. The predicted octanol–water partition coefficient (Wildman–Crippen LogP) is 1.70. The minimum Gasteiger partial charge on any atom is -0.372 e. The molecule has 82 valence electrons. The van der Waals surface area contributed by atoms with E-state index < -0.39 is 0 Å². The van der Waals surface area contributed by atoms with Crippen LogP contribution < -0.4 is 4.90 Å². The largest absolute Gasteiger partial charge is 0.372 e. The third-order valence-electron chi connectivity index (χ3n) is 2.37. The molecule has 0 aromatic carbocycles. The zero-order valence-electron chi connectivity index (χ0n) is 8.90. The highest BCUT2D eigenvalue weighted by Gasteiger charge is 2.28. The van der Waals surface area contributed by atoms with Gasteiger partial charge in [-0.1, -0.05) is 0 Å². The zero-order chi connectivity index (χ0) is 10.9. The van der Waals surface area contributed by atoms with E-state index in [1.165, 1.54) is 0 Å². The fourth-order valence-corrected chi connectivity index (χ4v) is 2.38. The van der Waals surface area contributed by atoms with Crippen LogP contribution in [0.2, 0.25) is 0 Å². The van der Waals surface area contributed by atoms with Gasteiger partial charge in [0.2, 0.25) is 0 Å². The van der Waals surface area contributed by atoms with Gasteiger partial charge < -0.3 is 9.64 Å². The topological polar surface area (TPSA) is 38.2 Å². The Hall–Kier alpha value is -0.430. The van der Waals surface area contributed by atoms with Crippen molar-refractivity contribution in [3.8, 4) is 0 Å². The molecule has 0 spiro atoms. The van der Waals surface area contributed by atoms with Crippen molar-refractivity contribution >= 4 is 28.4 Å². The van der Waals surface area contributed by atoms with E-state index in [1.54, 1.807) is 6.33 Å². The third kappa shape index (κ3) is 2.57. The number of aromatic nitrogens is 2. The number of hydrogen-bond donors (Lipinski definition) is 0. The highest BCUT2D eigenvalue weighted by Crippen LogP contribution is 2.24. The van der Waals surface area contributed by atoms with Crippen molar-refractivity contribution in [1.82, 2.24) is 9.97 Å². The minimum absolute atomic E-state index is 0.0910. The summed E-state index contributed by atoms with van der Waals surface area (Å²) in [5, 5.41) is 0. The molecule has 0 amide bonds. The standard InChI is InChI=1S/C10H14IN3O/c1-10(2)6-14(3-4-15-10)9-8(11)5-12-7-13-9/h5,7H,3-4,6H2,1-2H3. The van der Waals surface area contributed by atoms with Crippen molar-refractivity contribution in [3.63, 3.8) is 0 Å². The van der Waals surface area contributed by atoms with Crippen LogP contribution in [0.25, 0.3) is 0 Å². The molecule has 1 aromatic heterocycles. The molecular weight excluding hydrogens is 305 g/mol. The van der Waals surface area contributed by atoms with Crippen LogP contribution in [0.5, 0.6) is 0 Å². The third-order valence-corrected chi connectivity index (χ3v) is 3.13. The van der Waals surface area contributed by atoms with Gasteiger partial charge in [0, 0.05) is 19.3 Å². The Balaban J connectivity index is 2.21. The van der Waals surface area contributed by atoms with Crippen LogP contribution in [0.4, 0.5) is 5.82 Å². The molecule has 0 bridgehead atoms. The van der Waals surface area contributed by atoms with Crippen molar-refractivity contribution < 1.29 is 4.74 Å². The van der Waals surface area contributed by atoms with Crippen LogP contribution in [-0.4, -0.2) is 35.3 Å². The van der Waals surface area contributed by atoms with Gasteiger partial charge in [0.1, 0.15) is 12.1 Å². The zero-order valence-corrected chi connectivity index (χ0v) is 11.1. The molecule has 1 aromatic rings. The highest BCUT2D eigenvalue weighted by atomic mass is 127. The van der Waals surface area contributed by atoms with Crippen LogP contribution in [-0.2, 0) is 4.74 Å². The molecule has 1 aliphatic heterocycles. The number of morpholine rings is 1. The maximum Gasteiger partial charge on any atom is 0.145 e. The van der Waals surface area contributed by atoms with Crippen molar-refractivity contribution in [2.75, 3.05) is 24.6 Å². The van der Waals surface area contributed by atoms with Crippen molar-refractivity contribution in [2.24, 2.45) is 0 Å². The van der Waals surface area contributed by atoms with E-state index in [0.29, 0.717) is 0 Å². The molecule has 0 saturated carbocycles. The van der Waals surface area contributed by atoms with Gasteiger partial charge in [0.05, 0.1) is 15.8 Å². The number of nitrogens with zero attached hydrogens (tertiary/aromatic N) is 3. The van der Waals surface area contributed by atoms with Gasteiger partial charge in [0.15, 0.2) is 0 Å². The van der Waals surface area contributed by atoms with E-state index in [4.69, 9.17) is 4.74 Å². The van der Waals surface area contributed by atoms with Crippen LogP contribution in [0.1, 0.15) is 13.8 Å². The van der Waals surface area contributed by atoms with Gasteiger partial charge in [-0.2, -0.15) is 0 Å². The van der Waals surface area contributed by atoms with Gasteiger partial charge in [0.25, 0.3) is 0 Å². The van der Waals surface area contributed by atoms with Crippen LogP contribution >= 0.6 is 22.6 Å². The second-order valence-electron chi connectivity index (χ2n) is 4.22. The summed E-state index contributed by atoms with van der Waals surface area (Å²) < 4.78 is 6.76. The molecular formula is C10H14IN3O. The van der Waals surface area contributed by atoms with Gasteiger partial charge in [-0.25, -0.2) is 9.97 Å². The van der Waals surface area contributed by atoms with E-state index in [9.17, 15) is 0 Å². The molecule has 15 heavy (non-hydrogen) atoms. The Morgan fingerprint density at radius 1 is 1.53 bits per heavy atom. The van der Waals surface area contributed by atoms with Gasteiger partial charge >= 0.3 is 0 Å². The predicted molar refractivity (Wildman–Crippen MR) is 67.0 cm³/mol. The van der Waals surface area contributed by atoms with Gasteiger partial charge in [-0.3, -0.25) is 0 Å². The normalized spacial score (nSPS) is 20.3. The second-order valence-corrected chi connectivity index (χ2v) is 5.39. The Labute approximate surface area is 103 Å². The number of hydrogen-bond acceptors (Lipinski definition) is 4. The first kappa shape index (κ1) is 11.1. The first-order valence-electron chi connectivity index (χ1n) is 4.93. The molecule has 2 heterocycles. The number of ether oxygens (including phenoxy) is 1. The van der Waals surface area contributed by atoms with E-state index in [-0.39, 0.29) is 5.60 Å². The Morgan fingerprint density at radius 3 is 3.00 bits per heavy atom. The molecule has 1 fully saturated rings. The molecule has 5 heteroatoms. The van der Waals surface area contributed by atoms with Crippen LogP contribution in [0, 0.1) is 3.57 Å². The molecule has 2 rings (SSSR count). The summed E-state index contributed by atoms with van der Waals surface area (Å²) in [6, 6.07) is 0. The number of rotatable bonds is 1. The molecule has 0 atom stereocenters. The molecule has 0 N–H and O–H groups in total. The lowest BCUT2D eigenvalue weighted by Gasteiger charge is -2.38. The lowest BCUT2D eigenvalue weighted by molar-refractivity contribution is -0.0279. The Morgan fingerprint density at radius 2 is 2.33 bits per heavy atom. The number of anilines is 1. The second kappa shape index (κ2) is 4.21. The number of halogens is 1. The summed E-state index contributed by atoms with van der Waals surface area (Å²) in [6.07, 6.45) is 3.44. The molecule has 0 unspecified atom stereocenters. The summed E-state index contributed by atoms with van der Waals surface area (Å²) in [5.41, 5.74) is -0.0910. The van der Waals surface area contributed by atoms with Crippen molar-refractivity contribution in [1.29, 1.82) is 0 Å². The van der Waals surface area contributed by atoms with E-state index in [0.717, 1.165) is 29.1 Å². The summed E-state index contributed by atoms with van der Waals surface area (Å²) in [4.78, 5) is 10.6. The average Bonchev–Trinajstić information content (AvgIpc) is 2.17. The van der Waals surface area contributed by atoms with E-state index >= 15 is 0 Å². The summed E-state index contributed by atoms with van der Waals surface area (Å²) in [5.74, 6) is 1.02. The first-order valence-corrected chi connectivity index (χ1v) is 6.01. The molecule has 1 aliphatic rings. The van der Waals surface area contributed by atoms with Gasteiger partial charge in [-0.15, -0.1) is 0 Å². The average molecular weight is 319 g/mol. The van der Waals surface area contributed by atoms with E-state index in [2.05, 4.69) is 51.3 Å². The molecule has 0 radical (unpaired) electrons. The maximum absolute atomic E-state index is 5.67. The Bertz CT molecular complexity index is 356. The smallest absolute Gasteiger partial charge is 0.145 e. The maximum atomic E-state index is 5.67. The first-order chi connectivity index (χ1) is 7.08. The SMILES string of the molecule is CC1(C)CN(c2ncncc2I)CCO1. The fraction of sp³-hybridized carbons (Fsp3) is 0.600. The Kier molecular flexibility index (Phi) is 3.11. The summed E-state index contributed by atoms with van der Waals surface area (Å²) in [7, 11) is 0. The quantitative estimate of drug-likeness (QED) is 0.739. The fourth-order valence-electron chi connectivity index (χ4n) is 1.74. The van der Waals surface area contributed by atoms with Crippen LogP contribution in [0.15, 0.2) is 12.5 Å². The molecule has 4 nitrogen and oxygen atoms in total. The molecule has 1 saturated heterocycles. The van der Waals surface area contributed by atoms with Gasteiger partial charge in [-0.05, 0) is 36.4 Å². The summed E-state index contributed by atoms with van der Waals surface area (Å²) in [6.45, 7) is 6.74. The summed E-state index contributed by atoms with van der Waals surface area (Å²) >= 11 is 2.27. The molecule has 0 aliphatic carbocycles. The highest BCUT2D eigenvalue weighted by molar-refractivity contribution is 14.1. The minimum atomic E-state index is -0.0910. The lowest BCUT2D eigenvalue weighted by atomic mass is 10.1.